The van der Waals surface area contributed by atoms with E-state index in [-0.39, 0.29) is 12.1 Å². The Labute approximate surface area is 137 Å². The third-order valence-electron chi connectivity index (χ3n) is 3.61. The Balaban J connectivity index is 2.10. The van der Waals surface area contributed by atoms with Gasteiger partial charge in [-0.25, -0.2) is 4.79 Å². The van der Waals surface area contributed by atoms with E-state index in [0.717, 1.165) is 12.0 Å². The average Bonchev–Trinajstić information content (AvgIpc) is 2.41. The number of esters is 1. The predicted molar refractivity (Wildman–Crippen MR) is 86.9 cm³/mol. The number of benzene rings is 1. The quantitative estimate of drug-likeness (QED) is 0.797. The summed E-state index contributed by atoms with van der Waals surface area (Å²) in [4.78, 5) is 25.7. The van der Waals surface area contributed by atoms with Gasteiger partial charge >= 0.3 is 12.1 Å². The highest BCUT2D eigenvalue weighted by atomic mass is 16.6. The van der Waals surface area contributed by atoms with Gasteiger partial charge in [0.25, 0.3) is 0 Å². The van der Waals surface area contributed by atoms with Crippen molar-refractivity contribution in [2.75, 3.05) is 13.1 Å². The summed E-state index contributed by atoms with van der Waals surface area (Å²) in [6.45, 7) is 8.07. The molecule has 0 unspecified atom stereocenters. The number of ether oxygens (including phenoxy) is 2. The molecule has 1 amide bonds. The molecule has 0 aromatic heterocycles. The van der Waals surface area contributed by atoms with Crippen LogP contribution in [0.25, 0.3) is 0 Å². The van der Waals surface area contributed by atoms with Crippen LogP contribution in [0.2, 0.25) is 0 Å². The van der Waals surface area contributed by atoms with E-state index in [0.29, 0.717) is 19.5 Å². The first-order valence-corrected chi connectivity index (χ1v) is 8.01. The lowest BCUT2D eigenvalue weighted by Crippen LogP contribution is -2.63. The fourth-order valence-corrected chi connectivity index (χ4v) is 2.55. The lowest BCUT2D eigenvalue weighted by molar-refractivity contribution is -0.181. The van der Waals surface area contributed by atoms with Crippen LogP contribution in [0.1, 0.15) is 46.1 Å². The molecule has 1 aromatic rings. The zero-order valence-corrected chi connectivity index (χ0v) is 14.3. The lowest BCUT2D eigenvalue weighted by Gasteiger charge is -2.49. The van der Waals surface area contributed by atoms with Crippen LogP contribution in [0, 0.1) is 0 Å². The van der Waals surface area contributed by atoms with Crippen molar-refractivity contribution in [3.63, 3.8) is 0 Å². The molecular weight excluding hydrogens is 294 g/mol. The summed E-state index contributed by atoms with van der Waals surface area (Å²) < 4.78 is 11.1. The maximum Gasteiger partial charge on any atom is 0.410 e. The average molecular weight is 319 g/mol. The Bertz CT molecular complexity index is 556. The second-order valence-electron chi connectivity index (χ2n) is 6.92. The zero-order chi connectivity index (χ0) is 17.1. The van der Waals surface area contributed by atoms with Gasteiger partial charge < -0.3 is 9.47 Å². The van der Waals surface area contributed by atoms with Crippen molar-refractivity contribution in [1.82, 2.24) is 4.90 Å². The van der Waals surface area contributed by atoms with E-state index in [1.807, 2.05) is 58.0 Å². The normalized spacial score (nSPS) is 16.4. The topological polar surface area (TPSA) is 55.8 Å². The molecule has 0 N–H and O–H groups in total. The van der Waals surface area contributed by atoms with Gasteiger partial charge in [-0.2, -0.15) is 0 Å². The first kappa shape index (κ1) is 17.3. The number of hydrogen-bond donors (Lipinski definition) is 0. The number of hydrogen-bond acceptors (Lipinski definition) is 4. The monoisotopic (exact) mass is 319 g/mol. The van der Waals surface area contributed by atoms with Crippen LogP contribution in [0.4, 0.5) is 4.79 Å². The second-order valence-corrected chi connectivity index (χ2v) is 6.92. The largest absolute Gasteiger partial charge is 0.450 e. The van der Waals surface area contributed by atoms with Crippen molar-refractivity contribution < 1.29 is 19.1 Å². The van der Waals surface area contributed by atoms with Gasteiger partial charge in [0.1, 0.15) is 5.60 Å². The fourth-order valence-electron chi connectivity index (χ4n) is 2.55. The van der Waals surface area contributed by atoms with E-state index < -0.39 is 11.2 Å². The second kappa shape index (κ2) is 6.60. The van der Waals surface area contributed by atoms with Gasteiger partial charge in [0, 0.05) is 6.42 Å². The summed E-state index contributed by atoms with van der Waals surface area (Å²) in [5.41, 5.74) is -0.393. The van der Waals surface area contributed by atoms with E-state index in [4.69, 9.17) is 9.47 Å². The Morgan fingerprint density at radius 2 is 1.78 bits per heavy atom. The van der Waals surface area contributed by atoms with Gasteiger partial charge in [0.15, 0.2) is 5.60 Å². The number of carbonyl (C=O) groups excluding carboxylic acids is 2. The molecule has 0 radical (unpaired) electrons. The van der Waals surface area contributed by atoms with Gasteiger partial charge in [-0.3, -0.25) is 9.69 Å². The van der Waals surface area contributed by atoms with Crippen LogP contribution in [-0.4, -0.2) is 35.7 Å². The number of nitrogens with zero attached hydrogens (tertiary/aromatic N) is 1. The summed E-state index contributed by atoms with van der Waals surface area (Å²) in [6.07, 6.45) is 0.733. The molecule has 23 heavy (non-hydrogen) atoms. The van der Waals surface area contributed by atoms with Gasteiger partial charge in [-0.1, -0.05) is 37.3 Å². The van der Waals surface area contributed by atoms with E-state index in [2.05, 4.69) is 0 Å². The summed E-state index contributed by atoms with van der Waals surface area (Å²) in [6, 6.07) is 9.56. The maximum atomic E-state index is 12.1. The number of amides is 1. The highest BCUT2D eigenvalue weighted by Crippen LogP contribution is 2.37. The van der Waals surface area contributed by atoms with Crippen LogP contribution in [0.3, 0.4) is 0 Å². The minimum absolute atomic E-state index is 0.236. The fraction of sp³-hybridized carbons (Fsp3) is 0.556. The highest BCUT2D eigenvalue weighted by Gasteiger charge is 2.51. The van der Waals surface area contributed by atoms with Crippen LogP contribution in [0.15, 0.2) is 30.3 Å². The van der Waals surface area contributed by atoms with E-state index in [1.54, 1.807) is 4.90 Å². The number of carbonyl (C=O) groups is 2. The molecule has 0 aliphatic carbocycles. The molecule has 126 valence electrons. The Morgan fingerprint density at radius 1 is 1.17 bits per heavy atom. The molecular formula is C18H25NO4. The molecule has 1 aliphatic heterocycles. The minimum atomic E-state index is -0.760. The molecule has 1 aromatic carbocycles. The SMILES string of the molecule is CCCC(=O)OC1(c2ccccc2)CN(C(=O)OC(C)(C)C)C1. The first-order valence-electron chi connectivity index (χ1n) is 8.01. The standard InChI is InChI=1S/C18H25NO4/c1-5-9-15(20)22-18(14-10-7-6-8-11-14)12-19(13-18)16(21)23-17(2,3)4/h6-8,10-11H,5,9,12-13H2,1-4H3. The van der Waals surface area contributed by atoms with Gasteiger partial charge in [-0.05, 0) is 32.8 Å². The Hall–Kier alpha value is -2.04. The summed E-state index contributed by atoms with van der Waals surface area (Å²) in [5, 5.41) is 0. The van der Waals surface area contributed by atoms with Gasteiger partial charge in [0.2, 0.25) is 0 Å². The van der Waals surface area contributed by atoms with Crippen LogP contribution >= 0.6 is 0 Å². The van der Waals surface area contributed by atoms with E-state index in [9.17, 15) is 9.59 Å². The molecule has 0 bridgehead atoms. The third-order valence-corrected chi connectivity index (χ3v) is 3.61. The summed E-state index contributed by atoms with van der Waals surface area (Å²) >= 11 is 0. The van der Waals surface area contributed by atoms with Gasteiger partial charge in [-0.15, -0.1) is 0 Å². The van der Waals surface area contributed by atoms with Crippen molar-refractivity contribution >= 4 is 12.1 Å². The van der Waals surface area contributed by atoms with Crippen LogP contribution in [-0.2, 0) is 19.9 Å². The van der Waals surface area contributed by atoms with Crippen molar-refractivity contribution in [2.45, 2.75) is 51.7 Å². The predicted octanol–water partition coefficient (Wildman–Crippen LogP) is 3.48. The van der Waals surface area contributed by atoms with Crippen molar-refractivity contribution in [3.05, 3.63) is 35.9 Å². The van der Waals surface area contributed by atoms with E-state index >= 15 is 0 Å². The van der Waals surface area contributed by atoms with Crippen LogP contribution in [0.5, 0.6) is 0 Å². The van der Waals surface area contributed by atoms with E-state index in [1.165, 1.54) is 0 Å². The number of likely N-dealkylation sites (tertiary alicyclic amines) is 1. The minimum Gasteiger partial charge on any atom is -0.450 e. The van der Waals surface area contributed by atoms with Crippen LogP contribution < -0.4 is 0 Å². The molecule has 1 heterocycles. The Morgan fingerprint density at radius 3 is 2.30 bits per heavy atom. The molecule has 0 saturated carbocycles. The first-order chi connectivity index (χ1) is 10.8. The molecule has 1 aliphatic rings. The molecule has 0 spiro atoms. The highest BCUT2D eigenvalue weighted by molar-refractivity contribution is 5.73. The molecule has 2 rings (SSSR count). The smallest absolute Gasteiger partial charge is 0.410 e. The van der Waals surface area contributed by atoms with Crippen molar-refractivity contribution in [1.29, 1.82) is 0 Å². The molecule has 5 heteroatoms. The lowest BCUT2D eigenvalue weighted by atomic mass is 9.86. The summed E-state index contributed by atoms with van der Waals surface area (Å²) in [5.74, 6) is -0.236. The molecule has 1 fully saturated rings. The third kappa shape index (κ3) is 4.24. The Kier molecular flexibility index (Phi) is 4.97. The summed E-state index contributed by atoms with van der Waals surface area (Å²) in [7, 11) is 0. The molecule has 0 atom stereocenters. The van der Waals surface area contributed by atoms with Crippen molar-refractivity contribution in [2.24, 2.45) is 0 Å². The van der Waals surface area contributed by atoms with Crippen molar-refractivity contribution in [3.8, 4) is 0 Å². The van der Waals surface area contributed by atoms with Gasteiger partial charge in [0.05, 0.1) is 13.1 Å². The maximum absolute atomic E-state index is 12.1. The zero-order valence-electron chi connectivity index (χ0n) is 14.3. The molecule has 5 nitrogen and oxygen atoms in total. The number of rotatable bonds is 4. The molecule has 1 saturated heterocycles.